The van der Waals surface area contributed by atoms with Crippen molar-refractivity contribution >= 4 is 52.5 Å². The fourth-order valence-electron chi connectivity index (χ4n) is 5.23. The Kier molecular flexibility index (Phi) is 8.43. The fraction of sp³-hybridized carbons (Fsp3) is 0.462. The number of halogens is 3. The van der Waals surface area contributed by atoms with Gasteiger partial charge in [0.2, 0.25) is 11.8 Å². The Morgan fingerprint density at radius 3 is 2.25 bits per heavy atom. The number of pyridine rings is 1. The van der Waals surface area contributed by atoms with E-state index >= 15 is 0 Å². The van der Waals surface area contributed by atoms with Crippen molar-refractivity contribution in [2.75, 3.05) is 33.2 Å². The van der Waals surface area contributed by atoms with E-state index in [2.05, 4.69) is 4.98 Å². The molecule has 2 aliphatic rings. The zero-order valence-corrected chi connectivity index (χ0v) is 22.6. The molecule has 2 atom stereocenters. The lowest BCUT2D eigenvalue weighted by molar-refractivity contribution is -0.141. The molecule has 0 saturated carbocycles. The van der Waals surface area contributed by atoms with Crippen LogP contribution >= 0.6 is 34.8 Å². The minimum absolute atomic E-state index is 0.0463. The van der Waals surface area contributed by atoms with Crippen molar-refractivity contribution in [2.24, 2.45) is 5.92 Å². The van der Waals surface area contributed by atoms with Crippen molar-refractivity contribution in [3.05, 3.63) is 62.9 Å². The van der Waals surface area contributed by atoms with Crippen molar-refractivity contribution in [3.8, 4) is 0 Å². The number of likely N-dealkylation sites (N-methyl/N-ethyl adjacent to an activating group) is 1. The summed E-state index contributed by atoms with van der Waals surface area (Å²) in [5.74, 6) is -0.261. The lowest BCUT2D eigenvalue weighted by Crippen LogP contribution is -2.53. The summed E-state index contributed by atoms with van der Waals surface area (Å²) >= 11 is 18.4. The third-order valence-corrected chi connectivity index (χ3v) is 8.30. The van der Waals surface area contributed by atoms with Crippen LogP contribution in [0.2, 0.25) is 15.2 Å². The Hall–Kier alpha value is -2.35. The van der Waals surface area contributed by atoms with Crippen LogP contribution in [-0.4, -0.2) is 76.7 Å². The SMILES string of the molecule is CC(=O)N1CCC(C(=O)N2CCC(N(C)C(=O)c3ccc(Cl)nc3)C(c3ccc(Cl)c(Cl)c3)C2)CC1. The maximum atomic E-state index is 13.5. The van der Waals surface area contributed by atoms with Gasteiger partial charge in [0.25, 0.3) is 5.91 Å². The number of carbonyl (C=O) groups is 3. The number of hydrogen-bond acceptors (Lipinski definition) is 4. The summed E-state index contributed by atoms with van der Waals surface area (Å²) in [5.41, 5.74) is 1.37. The van der Waals surface area contributed by atoms with Gasteiger partial charge >= 0.3 is 0 Å². The molecule has 0 aliphatic carbocycles. The van der Waals surface area contributed by atoms with Gasteiger partial charge in [-0.15, -0.1) is 0 Å². The van der Waals surface area contributed by atoms with Crippen LogP contribution in [0.3, 0.4) is 0 Å². The Balaban J connectivity index is 1.55. The van der Waals surface area contributed by atoms with Crippen LogP contribution in [0.4, 0.5) is 0 Å². The quantitative estimate of drug-likeness (QED) is 0.514. The first-order valence-corrected chi connectivity index (χ1v) is 13.2. The smallest absolute Gasteiger partial charge is 0.255 e. The number of likely N-dealkylation sites (tertiary alicyclic amines) is 2. The predicted octanol–water partition coefficient (Wildman–Crippen LogP) is 4.76. The highest BCUT2D eigenvalue weighted by Gasteiger charge is 2.39. The first-order valence-electron chi connectivity index (χ1n) is 12.0. The molecule has 1 aromatic heterocycles. The molecule has 10 heteroatoms. The van der Waals surface area contributed by atoms with Crippen molar-refractivity contribution in [2.45, 2.75) is 38.1 Å². The van der Waals surface area contributed by atoms with Crippen LogP contribution in [0.1, 0.15) is 48.0 Å². The standard InChI is InChI=1S/C26H29Cl3N4O3/c1-16(34)32-10-7-17(8-11-32)26(36)33-12-9-23(20(15-33)18-3-5-21(27)22(28)13-18)31(2)25(35)19-4-6-24(29)30-14-19/h3-6,13-14,17,20,23H,7-12,15H2,1-2H3. The second kappa shape index (κ2) is 11.4. The van der Waals surface area contributed by atoms with Crippen LogP contribution in [0.5, 0.6) is 0 Å². The molecule has 4 rings (SSSR count). The van der Waals surface area contributed by atoms with Crippen molar-refractivity contribution < 1.29 is 14.4 Å². The molecule has 2 saturated heterocycles. The van der Waals surface area contributed by atoms with Crippen LogP contribution in [0, 0.1) is 5.92 Å². The first-order chi connectivity index (χ1) is 17.2. The van der Waals surface area contributed by atoms with Crippen LogP contribution in [-0.2, 0) is 9.59 Å². The minimum atomic E-state index is -0.161. The van der Waals surface area contributed by atoms with Crippen LogP contribution < -0.4 is 0 Å². The lowest BCUT2D eigenvalue weighted by atomic mass is 9.83. The fourth-order valence-corrected chi connectivity index (χ4v) is 5.65. The Morgan fingerprint density at radius 1 is 0.944 bits per heavy atom. The van der Waals surface area contributed by atoms with E-state index in [0.717, 1.165) is 5.56 Å². The number of aromatic nitrogens is 1. The number of benzene rings is 1. The molecule has 36 heavy (non-hydrogen) atoms. The van der Waals surface area contributed by atoms with Gasteiger partial charge in [-0.25, -0.2) is 4.98 Å². The summed E-state index contributed by atoms with van der Waals surface area (Å²) < 4.78 is 0. The number of rotatable bonds is 4. The van der Waals surface area contributed by atoms with Gasteiger partial charge in [-0.2, -0.15) is 0 Å². The molecule has 0 radical (unpaired) electrons. The van der Waals surface area contributed by atoms with Gasteiger partial charge in [-0.1, -0.05) is 40.9 Å². The third kappa shape index (κ3) is 5.79. The summed E-state index contributed by atoms with van der Waals surface area (Å²) in [5, 5.41) is 1.21. The minimum Gasteiger partial charge on any atom is -0.343 e. The average molecular weight is 552 g/mol. The molecule has 0 spiro atoms. The number of hydrogen-bond donors (Lipinski definition) is 0. The highest BCUT2D eigenvalue weighted by Crippen LogP contribution is 2.35. The number of piperidine rings is 2. The first kappa shape index (κ1) is 26.7. The zero-order valence-electron chi connectivity index (χ0n) is 20.3. The van der Waals surface area contributed by atoms with Crippen molar-refractivity contribution in [1.82, 2.24) is 19.7 Å². The van der Waals surface area contributed by atoms with Crippen molar-refractivity contribution in [1.29, 1.82) is 0 Å². The molecule has 3 heterocycles. The monoisotopic (exact) mass is 550 g/mol. The van der Waals surface area contributed by atoms with E-state index in [0.29, 0.717) is 66.2 Å². The van der Waals surface area contributed by atoms with E-state index in [1.165, 1.54) is 6.20 Å². The van der Waals surface area contributed by atoms with E-state index in [1.54, 1.807) is 42.0 Å². The molecule has 0 N–H and O–H groups in total. The van der Waals surface area contributed by atoms with E-state index < -0.39 is 0 Å². The summed E-state index contributed by atoms with van der Waals surface area (Å²) in [6.07, 6.45) is 3.42. The maximum absolute atomic E-state index is 13.5. The highest BCUT2D eigenvalue weighted by molar-refractivity contribution is 6.42. The van der Waals surface area contributed by atoms with Gasteiger partial charge in [0.1, 0.15) is 5.15 Å². The summed E-state index contributed by atoms with van der Waals surface area (Å²) in [6.45, 7) is 3.78. The maximum Gasteiger partial charge on any atom is 0.255 e. The number of nitrogens with zero attached hydrogens (tertiary/aromatic N) is 4. The van der Waals surface area contributed by atoms with Gasteiger partial charge in [0.15, 0.2) is 0 Å². The zero-order chi connectivity index (χ0) is 26.0. The van der Waals surface area contributed by atoms with E-state index in [4.69, 9.17) is 34.8 Å². The molecule has 2 unspecified atom stereocenters. The highest BCUT2D eigenvalue weighted by atomic mass is 35.5. The van der Waals surface area contributed by atoms with E-state index in [1.807, 2.05) is 17.0 Å². The van der Waals surface area contributed by atoms with Gasteiger partial charge in [0, 0.05) is 64.2 Å². The van der Waals surface area contributed by atoms with Crippen LogP contribution in [0.25, 0.3) is 0 Å². The third-order valence-electron chi connectivity index (χ3n) is 7.34. The molecule has 192 valence electrons. The summed E-state index contributed by atoms with van der Waals surface area (Å²) in [4.78, 5) is 47.9. The van der Waals surface area contributed by atoms with Crippen LogP contribution in [0.15, 0.2) is 36.5 Å². The summed E-state index contributed by atoms with van der Waals surface area (Å²) in [7, 11) is 1.78. The Labute approximate surface area is 226 Å². The van der Waals surface area contributed by atoms with Crippen molar-refractivity contribution in [3.63, 3.8) is 0 Å². The molecule has 2 aliphatic heterocycles. The molecule has 7 nitrogen and oxygen atoms in total. The lowest BCUT2D eigenvalue weighted by Gasteiger charge is -2.44. The Morgan fingerprint density at radius 2 is 1.64 bits per heavy atom. The second-order valence-electron chi connectivity index (χ2n) is 9.49. The number of carbonyl (C=O) groups excluding carboxylic acids is 3. The van der Waals surface area contributed by atoms with Gasteiger partial charge in [-0.05, 0) is 49.1 Å². The van der Waals surface area contributed by atoms with E-state index in [-0.39, 0.29) is 35.6 Å². The predicted molar refractivity (Wildman–Crippen MR) is 141 cm³/mol. The van der Waals surface area contributed by atoms with Gasteiger partial charge < -0.3 is 14.7 Å². The molecule has 0 bridgehead atoms. The summed E-state index contributed by atoms with van der Waals surface area (Å²) in [6, 6.07) is 8.58. The topological polar surface area (TPSA) is 73.8 Å². The molecule has 2 aromatic rings. The molecule has 1 aromatic carbocycles. The van der Waals surface area contributed by atoms with Gasteiger partial charge in [0.05, 0.1) is 15.6 Å². The largest absolute Gasteiger partial charge is 0.343 e. The van der Waals surface area contributed by atoms with Gasteiger partial charge in [-0.3, -0.25) is 14.4 Å². The molecule has 2 fully saturated rings. The molecular formula is C26H29Cl3N4O3. The average Bonchev–Trinajstić information content (AvgIpc) is 2.89. The number of amides is 3. The molecular weight excluding hydrogens is 523 g/mol. The Bertz CT molecular complexity index is 1140. The second-order valence-corrected chi connectivity index (χ2v) is 10.7. The molecule has 3 amide bonds. The van der Waals surface area contributed by atoms with E-state index in [9.17, 15) is 14.4 Å². The normalized spacial score (nSPS) is 20.8.